The molecule has 0 saturated carbocycles. The van der Waals surface area contributed by atoms with E-state index in [4.69, 9.17) is 9.47 Å². The summed E-state index contributed by atoms with van der Waals surface area (Å²) in [4.78, 5) is 28.7. The van der Waals surface area contributed by atoms with Crippen molar-refractivity contribution >= 4 is 11.9 Å². The molecule has 0 fully saturated rings. The first kappa shape index (κ1) is 17.1. The van der Waals surface area contributed by atoms with Crippen molar-refractivity contribution < 1.29 is 19.1 Å². The zero-order valence-electron chi connectivity index (χ0n) is 15.0. The average molecular weight is 345 g/mol. The van der Waals surface area contributed by atoms with Gasteiger partial charge in [-0.1, -0.05) is 19.1 Å². The summed E-state index contributed by atoms with van der Waals surface area (Å²) in [5.74, 6) is 1.04. The van der Waals surface area contributed by atoms with Gasteiger partial charge in [0.1, 0.15) is 0 Å². The summed E-state index contributed by atoms with van der Waals surface area (Å²) < 4.78 is 10.9. The summed E-state index contributed by atoms with van der Waals surface area (Å²) in [5, 5.41) is 2.92. The Hall–Kier alpha value is -2.70. The van der Waals surface area contributed by atoms with E-state index in [1.807, 2.05) is 19.1 Å². The molecule has 0 aromatic heterocycles. The fraction of sp³-hybridized carbons (Fsp3) is 0.444. The lowest BCUT2D eigenvalue weighted by atomic mass is 9.94. The number of hydrogen-bond donors (Lipinski definition) is 1. The summed E-state index contributed by atoms with van der Waals surface area (Å²) >= 11 is 0. The molecule has 3 amide bonds. The van der Waals surface area contributed by atoms with Crippen molar-refractivity contribution in [3.8, 4) is 11.5 Å². The van der Waals surface area contributed by atoms with Crippen LogP contribution in [0.3, 0.4) is 0 Å². The Bertz CT molecular complexity index is 744. The highest BCUT2D eigenvalue weighted by molar-refractivity contribution is 6.01. The third kappa shape index (κ3) is 2.69. The monoisotopic (exact) mass is 345 g/mol. The molecule has 0 unspecified atom stereocenters. The molecule has 25 heavy (non-hydrogen) atoms. The van der Waals surface area contributed by atoms with Crippen LogP contribution in [0.5, 0.6) is 11.5 Å². The molecule has 0 spiro atoms. The third-order valence-electron chi connectivity index (χ3n) is 4.67. The summed E-state index contributed by atoms with van der Waals surface area (Å²) in [6, 6.07) is 4.66. The van der Waals surface area contributed by atoms with Crippen LogP contribution in [0.4, 0.5) is 4.79 Å². The largest absolute Gasteiger partial charge is 0.493 e. The fourth-order valence-corrected chi connectivity index (χ4v) is 3.45. The molecule has 0 aliphatic carbocycles. The number of carbonyl (C=O) groups excluding carboxylic acids is 2. The van der Waals surface area contributed by atoms with Gasteiger partial charge in [-0.2, -0.15) is 0 Å². The van der Waals surface area contributed by atoms with Gasteiger partial charge in [-0.15, -0.1) is 0 Å². The van der Waals surface area contributed by atoms with Gasteiger partial charge in [-0.25, -0.2) is 4.79 Å². The van der Waals surface area contributed by atoms with Crippen LogP contribution < -0.4 is 14.8 Å². The number of benzene rings is 1. The van der Waals surface area contributed by atoms with E-state index < -0.39 is 6.04 Å². The van der Waals surface area contributed by atoms with Crippen molar-refractivity contribution in [3.05, 3.63) is 35.0 Å². The summed E-state index contributed by atoms with van der Waals surface area (Å²) in [6.07, 6.45) is 0.866. The average Bonchev–Trinajstić information content (AvgIpc) is 2.94. The van der Waals surface area contributed by atoms with Crippen molar-refractivity contribution in [2.24, 2.45) is 0 Å². The number of urea groups is 1. The normalized spacial score (nSPS) is 19.9. The number of para-hydroxylation sites is 1. The Morgan fingerprint density at radius 3 is 2.64 bits per heavy atom. The number of likely N-dealkylation sites (N-methyl/N-ethyl adjacent to an activating group) is 1. The van der Waals surface area contributed by atoms with Crippen LogP contribution in [0.15, 0.2) is 29.5 Å². The highest BCUT2D eigenvalue weighted by atomic mass is 16.5. The molecular weight excluding hydrogens is 322 g/mol. The first-order valence-electron chi connectivity index (χ1n) is 8.30. The summed E-state index contributed by atoms with van der Waals surface area (Å²) in [7, 11) is 4.79. The Morgan fingerprint density at radius 2 is 2.00 bits per heavy atom. The molecule has 1 aromatic carbocycles. The van der Waals surface area contributed by atoms with Gasteiger partial charge in [-0.3, -0.25) is 9.69 Å². The Labute approximate surface area is 147 Å². The molecule has 0 bridgehead atoms. The Morgan fingerprint density at radius 1 is 1.24 bits per heavy atom. The fourth-order valence-electron chi connectivity index (χ4n) is 3.45. The highest BCUT2D eigenvalue weighted by Crippen LogP contribution is 2.42. The lowest BCUT2D eigenvalue weighted by Crippen LogP contribution is -2.45. The van der Waals surface area contributed by atoms with Crippen LogP contribution in [0.1, 0.15) is 24.9 Å². The summed E-state index contributed by atoms with van der Waals surface area (Å²) in [6.45, 7) is 3.14. The molecule has 7 nitrogen and oxygen atoms in total. The number of amides is 3. The number of nitrogens with one attached hydrogen (secondary N) is 1. The summed E-state index contributed by atoms with van der Waals surface area (Å²) in [5.41, 5.74) is 2.06. The minimum absolute atomic E-state index is 0.0430. The molecule has 7 heteroatoms. The molecule has 3 rings (SSSR count). The van der Waals surface area contributed by atoms with E-state index >= 15 is 0 Å². The predicted octanol–water partition coefficient (Wildman–Crippen LogP) is 1.91. The number of rotatable bonds is 5. The maximum absolute atomic E-state index is 12.9. The van der Waals surface area contributed by atoms with Gasteiger partial charge < -0.3 is 19.7 Å². The number of ether oxygens (including phenoxy) is 2. The lowest BCUT2D eigenvalue weighted by Gasteiger charge is -2.31. The van der Waals surface area contributed by atoms with E-state index in [-0.39, 0.29) is 11.9 Å². The number of nitrogens with zero attached hydrogens (tertiary/aromatic N) is 2. The second kappa shape index (κ2) is 6.66. The number of methoxy groups -OCH3 is 2. The van der Waals surface area contributed by atoms with Crippen LogP contribution >= 0.6 is 0 Å². The van der Waals surface area contributed by atoms with Crippen LogP contribution in [0.2, 0.25) is 0 Å². The highest BCUT2D eigenvalue weighted by Gasteiger charge is 2.43. The number of hydrogen-bond acceptors (Lipinski definition) is 4. The van der Waals surface area contributed by atoms with Crippen LogP contribution in [-0.2, 0) is 4.79 Å². The minimum Gasteiger partial charge on any atom is -0.493 e. The first-order valence-corrected chi connectivity index (χ1v) is 8.30. The second-order valence-electron chi connectivity index (χ2n) is 6.11. The molecule has 134 valence electrons. The van der Waals surface area contributed by atoms with Gasteiger partial charge in [0.05, 0.1) is 38.1 Å². The zero-order valence-corrected chi connectivity index (χ0v) is 15.0. The zero-order chi connectivity index (χ0) is 18.1. The van der Waals surface area contributed by atoms with E-state index in [0.29, 0.717) is 35.7 Å². The van der Waals surface area contributed by atoms with Crippen LogP contribution in [0.25, 0.3) is 0 Å². The molecule has 0 saturated heterocycles. The van der Waals surface area contributed by atoms with Crippen LogP contribution in [0, 0.1) is 0 Å². The SMILES string of the molecule is CCCN1CC2=C(C1=O)[C@@H](c1cccc(OC)c1OC)NC(=O)N2C. The Balaban J connectivity index is 2.10. The van der Waals surface area contributed by atoms with E-state index in [1.165, 1.54) is 4.90 Å². The van der Waals surface area contributed by atoms with Gasteiger partial charge in [0.2, 0.25) is 0 Å². The van der Waals surface area contributed by atoms with Crippen LogP contribution in [-0.4, -0.2) is 56.1 Å². The third-order valence-corrected chi connectivity index (χ3v) is 4.67. The quantitative estimate of drug-likeness (QED) is 0.885. The lowest BCUT2D eigenvalue weighted by molar-refractivity contribution is -0.125. The van der Waals surface area contributed by atoms with Crippen molar-refractivity contribution in [2.45, 2.75) is 19.4 Å². The molecule has 2 aliphatic heterocycles. The van der Waals surface area contributed by atoms with Crippen molar-refractivity contribution in [1.82, 2.24) is 15.1 Å². The molecule has 0 radical (unpaired) electrons. The van der Waals surface area contributed by atoms with Gasteiger partial charge in [-0.05, 0) is 12.5 Å². The van der Waals surface area contributed by atoms with Crippen molar-refractivity contribution in [2.75, 3.05) is 34.4 Å². The molecule has 2 heterocycles. The predicted molar refractivity (Wildman–Crippen MR) is 92.5 cm³/mol. The molecule has 2 aliphatic rings. The van der Waals surface area contributed by atoms with Crippen molar-refractivity contribution in [3.63, 3.8) is 0 Å². The topological polar surface area (TPSA) is 71.1 Å². The molecule has 1 aromatic rings. The standard InChI is InChI=1S/C18H23N3O4/c1-5-9-21-10-12-14(17(21)22)15(19-18(23)20(12)2)11-7-6-8-13(24-3)16(11)25-4/h6-8,15H,5,9-10H2,1-4H3,(H,19,23)/t15-/m1/s1. The van der Waals surface area contributed by atoms with E-state index in [0.717, 1.165) is 12.1 Å². The minimum atomic E-state index is -0.557. The van der Waals surface area contributed by atoms with E-state index in [1.54, 1.807) is 32.2 Å². The Kier molecular flexibility index (Phi) is 4.57. The van der Waals surface area contributed by atoms with Crippen molar-refractivity contribution in [1.29, 1.82) is 0 Å². The molecule has 1 N–H and O–H groups in total. The van der Waals surface area contributed by atoms with E-state index in [2.05, 4.69) is 5.32 Å². The molecular formula is C18H23N3O4. The maximum Gasteiger partial charge on any atom is 0.322 e. The second-order valence-corrected chi connectivity index (χ2v) is 6.11. The maximum atomic E-state index is 12.9. The van der Waals surface area contributed by atoms with Gasteiger partial charge in [0.15, 0.2) is 11.5 Å². The van der Waals surface area contributed by atoms with Gasteiger partial charge >= 0.3 is 6.03 Å². The van der Waals surface area contributed by atoms with Gasteiger partial charge in [0.25, 0.3) is 5.91 Å². The van der Waals surface area contributed by atoms with Gasteiger partial charge in [0, 0.05) is 19.2 Å². The van der Waals surface area contributed by atoms with E-state index in [9.17, 15) is 9.59 Å². The smallest absolute Gasteiger partial charge is 0.322 e. The number of carbonyl (C=O) groups is 2. The molecule has 1 atom stereocenters. The first-order chi connectivity index (χ1) is 12.0.